The highest BCUT2D eigenvalue weighted by molar-refractivity contribution is 9.10. The molecule has 4 nitrogen and oxygen atoms in total. The second-order valence-electron chi connectivity index (χ2n) is 3.61. The number of methoxy groups -OCH3 is 1. The predicted octanol–water partition coefficient (Wildman–Crippen LogP) is 0.962. The maximum Gasteiger partial charge on any atom is 0.335 e. The highest BCUT2D eigenvalue weighted by Crippen LogP contribution is 2.26. The van der Waals surface area contributed by atoms with Gasteiger partial charge in [0.25, 0.3) is 0 Å². The average molecular weight is 294 g/mol. The Hall–Kier alpha value is -1.56. The molecular formula is C11H9BBrNO3. The van der Waals surface area contributed by atoms with E-state index in [1.54, 1.807) is 6.07 Å². The van der Waals surface area contributed by atoms with Crippen LogP contribution in [0.3, 0.4) is 0 Å². The highest BCUT2D eigenvalue weighted by atomic mass is 79.9. The fourth-order valence-electron chi connectivity index (χ4n) is 1.60. The standard InChI is InChI=1S/C11H9BBrNO3/c1-17-8-4-6(11(15)16)2-5-3-7(13)10(12)14-9(5)8/h2-4H,12H2,1H3,(H,15,16). The molecule has 0 aliphatic rings. The number of halogens is 1. The lowest BCUT2D eigenvalue weighted by atomic mass is 10.0. The Morgan fingerprint density at radius 3 is 2.76 bits per heavy atom. The van der Waals surface area contributed by atoms with Crippen molar-refractivity contribution in [3.8, 4) is 5.75 Å². The van der Waals surface area contributed by atoms with Crippen molar-refractivity contribution >= 4 is 46.2 Å². The summed E-state index contributed by atoms with van der Waals surface area (Å²) in [6.07, 6.45) is 0. The van der Waals surface area contributed by atoms with Crippen molar-refractivity contribution in [3.05, 3.63) is 28.2 Å². The van der Waals surface area contributed by atoms with Gasteiger partial charge in [0.05, 0.1) is 12.7 Å². The molecule has 0 unspecified atom stereocenters. The number of hydrogen-bond acceptors (Lipinski definition) is 3. The summed E-state index contributed by atoms with van der Waals surface area (Å²) < 4.78 is 6.01. The van der Waals surface area contributed by atoms with E-state index in [1.807, 2.05) is 13.9 Å². The van der Waals surface area contributed by atoms with Gasteiger partial charge in [0.15, 0.2) is 7.85 Å². The number of carboxylic acids is 1. The number of rotatable bonds is 2. The van der Waals surface area contributed by atoms with Crippen molar-refractivity contribution < 1.29 is 14.6 Å². The molecule has 6 heteroatoms. The Labute approximate surface area is 107 Å². The molecule has 0 radical (unpaired) electrons. The number of carbonyl (C=O) groups is 1. The molecule has 0 spiro atoms. The summed E-state index contributed by atoms with van der Waals surface area (Å²) in [7, 11) is 3.37. The Kier molecular flexibility index (Phi) is 3.06. The molecule has 0 amide bonds. The minimum atomic E-state index is -0.984. The van der Waals surface area contributed by atoms with Crippen LogP contribution in [0.2, 0.25) is 0 Å². The summed E-state index contributed by atoms with van der Waals surface area (Å²) in [6, 6.07) is 4.90. The number of carboxylic acid groups (broad SMARTS) is 1. The zero-order valence-corrected chi connectivity index (χ0v) is 10.9. The smallest absolute Gasteiger partial charge is 0.335 e. The van der Waals surface area contributed by atoms with Gasteiger partial charge in [0, 0.05) is 15.5 Å². The van der Waals surface area contributed by atoms with Gasteiger partial charge in [-0.25, -0.2) is 4.79 Å². The van der Waals surface area contributed by atoms with E-state index in [9.17, 15) is 4.79 Å². The van der Waals surface area contributed by atoms with Crippen molar-refractivity contribution in [1.29, 1.82) is 0 Å². The summed E-state index contributed by atoms with van der Waals surface area (Å²) in [5.74, 6) is -0.516. The topological polar surface area (TPSA) is 59.4 Å². The Bertz CT molecular complexity index is 615. The van der Waals surface area contributed by atoms with E-state index in [-0.39, 0.29) is 5.56 Å². The third kappa shape index (κ3) is 2.13. The summed E-state index contributed by atoms with van der Waals surface area (Å²) >= 11 is 3.37. The normalized spacial score (nSPS) is 10.5. The maximum absolute atomic E-state index is 11.0. The van der Waals surface area contributed by atoms with Gasteiger partial charge in [0.1, 0.15) is 11.3 Å². The number of aromatic nitrogens is 1. The number of ether oxygens (including phenoxy) is 1. The van der Waals surface area contributed by atoms with E-state index in [0.29, 0.717) is 11.3 Å². The first-order chi connectivity index (χ1) is 8.02. The molecule has 0 saturated heterocycles. The van der Waals surface area contributed by atoms with Crippen LogP contribution in [0.15, 0.2) is 22.7 Å². The minimum Gasteiger partial charge on any atom is -0.494 e. The number of aromatic carboxylic acids is 1. The molecule has 0 saturated carbocycles. The van der Waals surface area contributed by atoms with Crippen LogP contribution in [0, 0.1) is 0 Å². The lowest BCUT2D eigenvalue weighted by molar-refractivity contribution is 0.0696. The molecule has 0 bridgehead atoms. The summed E-state index contributed by atoms with van der Waals surface area (Å²) in [4.78, 5) is 15.4. The zero-order valence-electron chi connectivity index (χ0n) is 9.32. The molecule has 0 fully saturated rings. The summed E-state index contributed by atoms with van der Waals surface area (Å²) in [5, 5.41) is 9.74. The third-order valence-electron chi connectivity index (χ3n) is 2.48. The Balaban J connectivity index is 2.82. The molecular weight excluding hydrogens is 285 g/mol. The molecule has 1 heterocycles. The molecule has 17 heavy (non-hydrogen) atoms. The van der Waals surface area contributed by atoms with E-state index < -0.39 is 5.97 Å². The molecule has 2 rings (SSSR count). The van der Waals surface area contributed by atoms with Crippen molar-refractivity contribution in [2.24, 2.45) is 0 Å². The minimum absolute atomic E-state index is 0.187. The molecule has 0 aliphatic carbocycles. The van der Waals surface area contributed by atoms with E-state index in [4.69, 9.17) is 9.84 Å². The van der Waals surface area contributed by atoms with E-state index in [2.05, 4.69) is 20.9 Å². The molecule has 0 atom stereocenters. The van der Waals surface area contributed by atoms with Gasteiger partial charge in [-0.05, 0) is 34.1 Å². The van der Waals surface area contributed by atoms with Crippen molar-refractivity contribution in [2.45, 2.75) is 0 Å². The van der Waals surface area contributed by atoms with E-state index in [1.165, 1.54) is 13.2 Å². The Morgan fingerprint density at radius 2 is 2.18 bits per heavy atom. The number of hydrogen-bond donors (Lipinski definition) is 1. The predicted molar refractivity (Wildman–Crippen MR) is 71.1 cm³/mol. The molecule has 2 aromatic rings. The van der Waals surface area contributed by atoms with Gasteiger partial charge < -0.3 is 9.84 Å². The van der Waals surface area contributed by atoms with E-state index >= 15 is 0 Å². The SMILES string of the molecule is Bc1nc2c(OC)cc(C(=O)O)cc2cc1Br. The average Bonchev–Trinajstić information content (AvgIpc) is 2.29. The lowest BCUT2D eigenvalue weighted by Crippen LogP contribution is -2.10. The van der Waals surface area contributed by atoms with Crippen LogP contribution in [0.25, 0.3) is 10.9 Å². The maximum atomic E-state index is 11.0. The summed E-state index contributed by atoms with van der Waals surface area (Å²) in [6.45, 7) is 0. The van der Waals surface area contributed by atoms with Crippen LogP contribution < -0.4 is 10.3 Å². The number of benzene rings is 1. The van der Waals surface area contributed by atoms with Crippen molar-refractivity contribution in [3.63, 3.8) is 0 Å². The van der Waals surface area contributed by atoms with Gasteiger partial charge in [-0.2, -0.15) is 0 Å². The number of pyridine rings is 1. The van der Waals surface area contributed by atoms with Crippen molar-refractivity contribution in [1.82, 2.24) is 4.98 Å². The van der Waals surface area contributed by atoms with Crippen LogP contribution in [0.4, 0.5) is 0 Å². The van der Waals surface area contributed by atoms with Crippen LogP contribution in [-0.4, -0.2) is 31.0 Å². The largest absolute Gasteiger partial charge is 0.494 e. The van der Waals surface area contributed by atoms with Gasteiger partial charge in [-0.15, -0.1) is 0 Å². The molecule has 86 valence electrons. The van der Waals surface area contributed by atoms with Gasteiger partial charge in [0.2, 0.25) is 0 Å². The van der Waals surface area contributed by atoms with Gasteiger partial charge >= 0.3 is 5.97 Å². The second-order valence-corrected chi connectivity index (χ2v) is 4.47. The zero-order chi connectivity index (χ0) is 12.6. The number of fused-ring (bicyclic) bond motifs is 1. The summed E-state index contributed by atoms with van der Waals surface area (Å²) in [5.41, 5.74) is 1.68. The fourth-order valence-corrected chi connectivity index (χ4v) is 1.94. The van der Waals surface area contributed by atoms with Gasteiger partial charge in [-0.3, -0.25) is 4.98 Å². The molecule has 1 aromatic carbocycles. The van der Waals surface area contributed by atoms with Crippen LogP contribution >= 0.6 is 15.9 Å². The first kappa shape index (κ1) is 11.9. The molecule has 0 aliphatic heterocycles. The van der Waals surface area contributed by atoms with Crippen LogP contribution in [-0.2, 0) is 0 Å². The first-order valence-corrected chi connectivity index (χ1v) is 5.70. The lowest BCUT2D eigenvalue weighted by Gasteiger charge is -2.08. The van der Waals surface area contributed by atoms with Crippen molar-refractivity contribution in [2.75, 3.05) is 7.11 Å². The first-order valence-electron chi connectivity index (χ1n) is 4.91. The third-order valence-corrected chi connectivity index (χ3v) is 3.28. The fraction of sp³-hybridized carbons (Fsp3) is 0.0909. The second kappa shape index (κ2) is 4.37. The van der Waals surface area contributed by atoms with E-state index in [0.717, 1.165) is 15.5 Å². The van der Waals surface area contributed by atoms with Crippen LogP contribution in [0.1, 0.15) is 10.4 Å². The number of nitrogens with zero attached hydrogens (tertiary/aromatic N) is 1. The van der Waals surface area contributed by atoms with Gasteiger partial charge in [-0.1, -0.05) is 0 Å². The molecule has 1 N–H and O–H groups in total. The quantitative estimate of drug-likeness (QED) is 0.838. The molecule has 1 aromatic heterocycles. The van der Waals surface area contributed by atoms with Crippen LogP contribution in [0.5, 0.6) is 5.75 Å². The monoisotopic (exact) mass is 293 g/mol. The Morgan fingerprint density at radius 1 is 1.47 bits per heavy atom. The highest BCUT2D eigenvalue weighted by Gasteiger charge is 2.11.